The van der Waals surface area contributed by atoms with Gasteiger partial charge in [0.1, 0.15) is 0 Å². The quantitative estimate of drug-likeness (QED) is 0.726. The first-order valence-electron chi connectivity index (χ1n) is 4.91. The summed E-state index contributed by atoms with van der Waals surface area (Å²) in [5.41, 5.74) is 2.05. The van der Waals surface area contributed by atoms with Gasteiger partial charge in [-0.05, 0) is 43.6 Å². The fraction of sp³-hybridized carbons (Fsp3) is 0.400. The van der Waals surface area contributed by atoms with Crippen molar-refractivity contribution in [3.63, 3.8) is 0 Å². The molecule has 2 heterocycles. The Labute approximate surface area is 86.8 Å². The third-order valence-corrected chi connectivity index (χ3v) is 3.21. The summed E-state index contributed by atoms with van der Waals surface area (Å²) in [6.45, 7) is 0. The van der Waals surface area contributed by atoms with Crippen LogP contribution < -0.4 is 0 Å². The van der Waals surface area contributed by atoms with E-state index in [2.05, 4.69) is 14.5 Å². The smallest absolute Gasteiger partial charge is 0.179 e. The van der Waals surface area contributed by atoms with Crippen molar-refractivity contribution in [3.05, 3.63) is 23.1 Å². The van der Waals surface area contributed by atoms with E-state index in [1.807, 2.05) is 18.3 Å². The number of aromatic amines is 1. The van der Waals surface area contributed by atoms with Crippen LogP contribution in [0.25, 0.3) is 11.2 Å². The molecule has 2 aromatic heterocycles. The first-order valence-corrected chi connectivity index (χ1v) is 5.32. The summed E-state index contributed by atoms with van der Waals surface area (Å²) in [6.07, 6.45) is 5.60. The average Bonchev–Trinajstić information content (AvgIpc) is 2.41. The van der Waals surface area contributed by atoms with Gasteiger partial charge < -0.3 is 4.98 Å². The van der Waals surface area contributed by atoms with Gasteiger partial charge in [0, 0.05) is 12.2 Å². The van der Waals surface area contributed by atoms with E-state index < -0.39 is 0 Å². The monoisotopic (exact) mass is 205 g/mol. The largest absolute Gasteiger partial charge is 0.329 e. The summed E-state index contributed by atoms with van der Waals surface area (Å²) in [6, 6.07) is 4.53. The molecule has 14 heavy (non-hydrogen) atoms. The van der Waals surface area contributed by atoms with E-state index >= 15 is 0 Å². The number of rotatable bonds is 1. The highest BCUT2D eigenvalue weighted by atomic mass is 32.1. The predicted molar refractivity (Wildman–Crippen MR) is 57.8 cm³/mol. The molecule has 4 heteroatoms. The van der Waals surface area contributed by atoms with Gasteiger partial charge in [-0.15, -0.1) is 0 Å². The maximum Gasteiger partial charge on any atom is 0.179 e. The Balaban J connectivity index is 2.29. The van der Waals surface area contributed by atoms with E-state index in [0.717, 1.165) is 15.9 Å². The molecule has 0 radical (unpaired) electrons. The molecular formula is C10H11N3S. The van der Waals surface area contributed by atoms with E-state index in [1.165, 1.54) is 19.3 Å². The molecule has 1 aliphatic rings. The number of pyridine rings is 1. The molecule has 0 atom stereocenters. The number of imidazole rings is 1. The minimum Gasteiger partial charge on any atom is -0.329 e. The molecule has 1 saturated carbocycles. The molecule has 3 nitrogen and oxygen atoms in total. The second-order valence-electron chi connectivity index (χ2n) is 3.76. The van der Waals surface area contributed by atoms with Gasteiger partial charge in [0.25, 0.3) is 0 Å². The van der Waals surface area contributed by atoms with Crippen molar-refractivity contribution < 1.29 is 0 Å². The number of hydrogen-bond acceptors (Lipinski definition) is 2. The Morgan fingerprint density at radius 1 is 1.50 bits per heavy atom. The van der Waals surface area contributed by atoms with Crippen LogP contribution in [-0.2, 0) is 0 Å². The van der Waals surface area contributed by atoms with Crippen molar-refractivity contribution in [2.24, 2.45) is 0 Å². The number of H-pyrrole nitrogens is 1. The molecule has 0 aliphatic heterocycles. The van der Waals surface area contributed by atoms with E-state index in [-0.39, 0.29) is 0 Å². The van der Waals surface area contributed by atoms with E-state index in [4.69, 9.17) is 12.2 Å². The van der Waals surface area contributed by atoms with Crippen molar-refractivity contribution in [1.82, 2.24) is 14.5 Å². The molecule has 0 spiro atoms. The van der Waals surface area contributed by atoms with Crippen LogP contribution in [0.5, 0.6) is 0 Å². The molecular weight excluding hydrogens is 194 g/mol. The van der Waals surface area contributed by atoms with Crippen LogP contribution in [0.3, 0.4) is 0 Å². The highest BCUT2D eigenvalue weighted by Crippen LogP contribution is 2.33. The Hall–Kier alpha value is -1.16. The third-order valence-electron chi connectivity index (χ3n) is 2.92. The molecule has 3 rings (SSSR count). The SMILES string of the molecule is S=c1[nH]c2cccnc2n1C1CCC1. The van der Waals surface area contributed by atoms with E-state index in [9.17, 15) is 0 Å². The van der Waals surface area contributed by atoms with Crippen LogP contribution in [0.1, 0.15) is 25.3 Å². The second kappa shape index (κ2) is 2.92. The van der Waals surface area contributed by atoms with Gasteiger partial charge in [-0.2, -0.15) is 0 Å². The zero-order valence-corrected chi connectivity index (χ0v) is 8.55. The minimum atomic E-state index is 0.575. The molecule has 0 bridgehead atoms. The standard InChI is InChI=1S/C10H11N3S/c14-10-12-8-5-2-6-11-9(8)13(10)7-3-1-4-7/h2,5-7H,1,3-4H2,(H,12,14). The van der Waals surface area contributed by atoms with Gasteiger partial charge in [0.05, 0.1) is 5.52 Å². The fourth-order valence-electron chi connectivity index (χ4n) is 1.94. The minimum absolute atomic E-state index is 0.575. The maximum absolute atomic E-state index is 5.30. The summed E-state index contributed by atoms with van der Waals surface area (Å²) in [5, 5.41) is 0. The summed E-state index contributed by atoms with van der Waals surface area (Å²) in [7, 11) is 0. The van der Waals surface area contributed by atoms with Gasteiger partial charge >= 0.3 is 0 Å². The van der Waals surface area contributed by atoms with Gasteiger partial charge in [-0.25, -0.2) is 4.98 Å². The molecule has 0 amide bonds. The van der Waals surface area contributed by atoms with Gasteiger partial charge in [0.15, 0.2) is 10.4 Å². The highest BCUT2D eigenvalue weighted by Gasteiger charge is 2.22. The lowest BCUT2D eigenvalue weighted by Gasteiger charge is -2.26. The maximum atomic E-state index is 5.30. The van der Waals surface area contributed by atoms with Crippen molar-refractivity contribution >= 4 is 23.4 Å². The van der Waals surface area contributed by atoms with Crippen molar-refractivity contribution in [3.8, 4) is 0 Å². The van der Waals surface area contributed by atoms with Crippen LogP contribution in [0.2, 0.25) is 0 Å². The number of fused-ring (bicyclic) bond motifs is 1. The van der Waals surface area contributed by atoms with Crippen LogP contribution in [0, 0.1) is 4.77 Å². The number of hydrogen-bond donors (Lipinski definition) is 1. The topological polar surface area (TPSA) is 33.6 Å². The number of aromatic nitrogens is 3. The lowest BCUT2D eigenvalue weighted by molar-refractivity contribution is 0.316. The second-order valence-corrected chi connectivity index (χ2v) is 4.15. The zero-order valence-electron chi connectivity index (χ0n) is 7.73. The highest BCUT2D eigenvalue weighted by molar-refractivity contribution is 7.71. The van der Waals surface area contributed by atoms with Gasteiger partial charge in [-0.1, -0.05) is 0 Å². The van der Waals surface area contributed by atoms with Crippen LogP contribution in [0.4, 0.5) is 0 Å². The molecule has 0 unspecified atom stereocenters. The third kappa shape index (κ3) is 1.04. The van der Waals surface area contributed by atoms with Crippen LogP contribution >= 0.6 is 12.2 Å². The Kier molecular flexibility index (Phi) is 1.70. The van der Waals surface area contributed by atoms with Gasteiger partial charge in [0.2, 0.25) is 0 Å². The lowest BCUT2D eigenvalue weighted by Crippen LogP contribution is -2.17. The first-order chi connectivity index (χ1) is 6.86. The fourth-order valence-corrected chi connectivity index (χ4v) is 2.29. The summed E-state index contributed by atoms with van der Waals surface area (Å²) in [5.74, 6) is 0. The molecule has 1 aliphatic carbocycles. The van der Waals surface area contributed by atoms with Crippen molar-refractivity contribution in [1.29, 1.82) is 0 Å². The normalized spacial score (nSPS) is 17.1. The number of nitrogens with zero attached hydrogens (tertiary/aromatic N) is 2. The molecule has 2 aromatic rings. The summed E-state index contributed by atoms with van der Waals surface area (Å²) >= 11 is 5.30. The van der Waals surface area contributed by atoms with Gasteiger partial charge in [-0.3, -0.25) is 4.57 Å². The molecule has 0 aromatic carbocycles. The molecule has 1 fully saturated rings. The van der Waals surface area contributed by atoms with Crippen LogP contribution in [-0.4, -0.2) is 14.5 Å². The van der Waals surface area contributed by atoms with E-state index in [0.29, 0.717) is 6.04 Å². The lowest BCUT2D eigenvalue weighted by atomic mass is 9.93. The Morgan fingerprint density at radius 2 is 2.36 bits per heavy atom. The first kappa shape index (κ1) is 8.17. The Morgan fingerprint density at radius 3 is 3.07 bits per heavy atom. The van der Waals surface area contributed by atoms with Crippen LogP contribution in [0.15, 0.2) is 18.3 Å². The predicted octanol–water partition coefficient (Wildman–Crippen LogP) is 2.82. The Bertz CT molecular complexity index is 521. The summed E-state index contributed by atoms with van der Waals surface area (Å²) < 4.78 is 2.97. The van der Waals surface area contributed by atoms with Crippen molar-refractivity contribution in [2.75, 3.05) is 0 Å². The van der Waals surface area contributed by atoms with E-state index in [1.54, 1.807) is 0 Å². The average molecular weight is 205 g/mol. The zero-order chi connectivity index (χ0) is 9.54. The molecule has 72 valence electrons. The summed E-state index contributed by atoms with van der Waals surface area (Å²) in [4.78, 5) is 7.56. The van der Waals surface area contributed by atoms with Crippen molar-refractivity contribution in [2.45, 2.75) is 25.3 Å². The number of nitrogens with one attached hydrogen (secondary N) is 1. The molecule has 0 saturated heterocycles. The molecule has 1 N–H and O–H groups in total.